The highest BCUT2D eigenvalue weighted by molar-refractivity contribution is 5.35. The fraction of sp³-hybridized carbons (Fsp3) is 0.667. The highest BCUT2D eigenvalue weighted by Crippen LogP contribution is 2.55. The largest absolute Gasteiger partial charge is 0.402 e. The van der Waals surface area contributed by atoms with Gasteiger partial charge in [-0.15, -0.1) is 0 Å². The fourth-order valence-electron chi connectivity index (χ4n) is 2.48. The lowest BCUT2D eigenvalue weighted by molar-refractivity contribution is 0.576. The van der Waals surface area contributed by atoms with Crippen molar-refractivity contribution in [2.24, 2.45) is 11.1 Å². The van der Waals surface area contributed by atoms with Crippen LogP contribution in [0.3, 0.4) is 0 Å². The van der Waals surface area contributed by atoms with Gasteiger partial charge in [0.25, 0.3) is 0 Å². The quantitative estimate of drug-likeness (QED) is 0.574. The second-order valence-corrected chi connectivity index (χ2v) is 5.96. The highest BCUT2D eigenvalue weighted by atomic mass is 14.6. The highest BCUT2D eigenvalue weighted by Gasteiger charge is 2.43. The molecule has 0 spiro atoms. The molecule has 1 aliphatic carbocycles. The molecule has 1 saturated carbocycles. The Morgan fingerprint density at radius 3 is 2.53 bits per heavy atom. The minimum absolute atomic E-state index is 0.433. The maximum absolute atomic E-state index is 6.21. The summed E-state index contributed by atoms with van der Waals surface area (Å²) < 4.78 is 0. The molecule has 0 aromatic heterocycles. The van der Waals surface area contributed by atoms with E-state index in [9.17, 15) is 0 Å². The van der Waals surface area contributed by atoms with Gasteiger partial charge in [-0.05, 0) is 49.5 Å². The van der Waals surface area contributed by atoms with Crippen LogP contribution in [-0.4, -0.2) is 0 Å². The molecule has 0 aliphatic heterocycles. The van der Waals surface area contributed by atoms with Crippen LogP contribution in [0.4, 0.5) is 0 Å². The van der Waals surface area contributed by atoms with Gasteiger partial charge in [-0.1, -0.05) is 57.9 Å². The third kappa shape index (κ3) is 4.89. The standard InChI is InChI=1S/C18H31N/c1-5-8-9-11-15(6-2)12-10-13-17(19)16-14-18(16,4)7-3/h9,11-12H,5-8,10,13-14,19H2,1-4H3/b11-9-,15-12+,17-16+. The molecule has 1 rings (SSSR count). The van der Waals surface area contributed by atoms with Crippen molar-refractivity contribution in [3.05, 3.63) is 35.1 Å². The van der Waals surface area contributed by atoms with Crippen LogP contribution in [0, 0.1) is 5.41 Å². The van der Waals surface area contributed by atoms with Crippen LogP contribution in [0.2, 0.25) is 0 Å². The van der Waals surface area contributed by atoms with Gasteiger partial charge >= 0.3 is 0 Å². The summed E-state index contributed by atoms with van der Waals surface area (Å²) in [4.78, 5) is 0. The molecule has 0 saturated heterocycles. The van der Waals surface area contributed by atoms with E-state index in [2.05, 4.69) is 45.9 Å². The van der Waals surface area contributed by atoms with Crippen LogP contribution in [0.1, 0.15) is 72.6 Å². The van der Waals surface area contributed by atoms with Gasteiger partial charge in [0.1, 0.15) is 0 Å². The van der Waals surface area contributed by atoms with Crippen LogP contribution in [-0.2, 0) is 0 Å². The number of hydrogen-bond acceptors (Lipinski definition) is 1. The molecular formula is C18H31N. The second-order valence-electron chi connectivity index (χ2n) is 5.96. The number of rotatable bonds is 8. The molecule has 0 aromatic carbocycles. The van der Waals surface area contributed by atoms with E-state index in [-0.39, 0.29) is 0 Å². The average molecular weight is 261 g/mol. The normalized spacial score (nSPS) is 26.0. The van der Waals surface area contributed by atoms with Crippen molar-refractivity contribution in [3.8, 4) is 0 Å². The van der Waals surface area contributed by atoms with Gasteiger partial charge in [0.2, 0.25) is 0 Å². The third-order valence-electron chi connectivity index (χ3n) is 4.35. The molecule has 0 radical (unpaired) electrons. The smallest absolute Gasteiger partial charge is 0.00814 e. The predicted molar refractivity (Wildman–Crippen MR) is 85.9 cm³/mol. The molecule has 1 atom stereocenters. The lowest BCUT2D eigenvalue weighted by Crippen LogP contribution is -2.00. The molecule has 2 N–H and O–H groups in total. The molecule has 0 bridgehead atoms. The molecule has 0 aromatic rings. The topological polar surface area (TPSA) is 26.0 Å². The zero-order valence-corrected chi connectivity index (χ0v) is 13.3. The van der Waals surface area contributed by atoms with Crippen LogP contribution >= 0.6 is 0 Å². The minimum Gasteiger partial charge on any atom is -0.402 e. The number of hydrogen-bond donors (Lipinski definition) is 1. The first-order valence-corrected chi connectivity index (χ1v) is 7.90. The number of unbranched alkanes of at least 4 members (excludes halogenated alkanes) is 1. The molecule has 1 nitrogen and oxygen atoms in total. The number of allylic oxidation sites excluding steroid dienone is 6. The summed E-state index contributed by atoms with van der Waals surface area (Å²) in [7, 11) is 0. The van der Waals surface area contributed by atoms with Crippen LogP contribution in [0.25, 0.3) is 0 Å². The summed E-state index contributed by atoms with van der Waals surface area (Å²) in [5.41, 5.74) is 10.8. The average Bonchev–Trinajstić information content (AvgIpc) is 3.10. The minimum atomic E-state index is 0.433. The molecule has 1 fully saturated rings. The lowest BCUT2D eigenvalue weighted by atomic mass is 10.0. The number of nitrogens with two attached hydrogens (primary N) is 1. The van der Waals surface area contributed by atoms with E-state index in [0.717, 1.165) is 25.0 Å². The zero-order chi connectivity index (χ0) is 14.3. The predicted octanol–water partition coefficient (Wildman–Crippen LogP) is 5.49. The van der Waals surface area contributed by atoms with Crippen molar-refractivity contribution in [2.45, 2.75) is 72.6 Å². The first kappa shape index (κ1) is 16.1. The summed E-state index contributed by atoms with van der Waals surface area (Å²) in [6, 6.07) is 0. The van der Waals surface area contributed by atoms with Crippen LogP contribution in [0.15, 0.2) is 35.1 Å². The monoisotopic (exact) mass is 261 g/mol. The lowest BCUT2D eigenvalue weighted by Gasteiger charge is -2.04. The Kier molecular flexibility index (Phi) is 6.41. The first-order chi connectivity index (χ1) is 9.07. The Morgan fingerprint density at radius 1 is 1.26 bits per heavy atom. The summed E-state index contributed by atoms with van der Waals surface area (Å²) in [6.07, 6.45) is 15.0. The second kappa shape index (κ2) is 7.57. The van der Waals surface area contributed by atoms with E-state index in [1.807, 2.05) is 0 Å². The Labute approximate surface area is 119 Å². The summed E-state index contributed by atoms with van der Waals surface area (Å²) in [5.74, 6) is 0. The van der Waals surface area contributed by atoms with Gasteiger partial charge in [-0.3, -0.25) is 0 Å². The van der Waals surface area contributed by atoms with Gasteiger partial charge in [0, 0.05) is 5.70 Å². The molecule has 1 aliphatic rings. The van der Waals surface area contributed by atoms with E-state index in [1.54, 1.807) is 0 Å². The third-order valence-corrected chi connectivity index (χ3v) is 4.35. The van der Waals surface area contributed by atoms with E-state index in [1.165, 1.54) is 36.8 Å². The zero-order valence-electron chi connectivity index (χ0n) is 13.3. The Bertz CT molecular complexity index is 373. The van der Waals surface area contributed by atoms with E-state index in [4.69, 9.17) is 5.73 Å². The Hall–Kier alpha value is -0.980. The molecule has 19 heavy (non-hydrogen) atoms. The molecule has 1 unspecified atom stereocenters. The van der Waals surface area contributed by atoms with Crippen molar-refractivity contribution in [1.29, 1.82) is 0 Å². The molecule has 0 heterocycles. The van der Waals surface area contributed by atoms with E-state index < -0.39 is 0 Å². The Balaban J connectivity index is 2.44. The summed E-state index contributed by atoms with van der Waals surface area (Å²) in [5, 5.41) is 0. The van der Waals surface area contributed by atoms with Crippen molar-refractivity contribution in [3.63, 3.8) is 0 Å². The maximum Gasteiger partial charge on any atom is 0.00814 e. The van der Waals surface area contributed by atoms with Gasteiger partial charge in [0.15, 0.2) is 0 Å². The molecule has 1 heteroatoms. The fourth-order valence-corrected chi connectivity index (χ4v) is 2.48. The van der Waals surface area contributed by atoms with Crippen molar-refractivity contribution < 1.29 is 0 Å². The van der Waals surface area contributed by atoms with Gasteiger partial charge in [0.05, 0.1) is 0 Å². The van der Waals surface area contributed by atoms with Crippen LogP contribution < -0.4 is 5.73 Å². The van der Waals surface area contributed by atoms with Gasteiger partial charge in [-0.2, -0.15) is 0 Å². The maximum atomic E-state index is 6.21. The summed E-state index contributed by atoms with van der Waals surface area (Å²) in [6.45, 7) is 9.02. The van der Waals surface area contributed by atoms with E-state index >= 15 is 0 Å². The Morgan fingerprint density at radius 2 is 2.00 bits per heavy atom. The van der Waals surface area contributed by atoms with Crippen molar-refractivity contribution >= 4 is 0 Å². The first-order valence-electron chi connectivity index (χ1n) is 7.90. The van der Waals surface area contributed by atoms with Crippen LogP contribution in [0.5, 0.6) is 0 Å². The van der Waals surface area contributed by atoms with Crippen molar-refractivity contribution in [1.82, 2.24) is 0 Å². The SMILES string of the molecule is CCC/C=C\C(=C\CC/C(N)=C1/CC1(C)CC)CC. The van der Waals surface area contributed by atoms with Gasteiger partial charge in [-0.25, -0.2) is 0 Å². The van der Waals surface area contributed by atoms with E-state index in [0.29, 0.717) is 5.41 Å². The van der Waals surface area contributed by atoms with Crippen molar-refractivity contribution in [2.75, 3.05) is 0 Å². The molecule has 108 valence electrons. The molecule has 0 amide bonds. The summed E-state index contributed by atoms with van der Waals surface area (Å²) >= 11 is 0. The molecular weight excluding hydrogens is 230 g/mol. The van der Waals surface area contributed by atoms with Gasteiger partial charge < -0.3 is 5.73 Å².